The van der Waals surface area contributed by atoms with E-state index in [9.17, 15) is 0 Å². The van der Waals surface area contributed by atoms with E-state index in [-0.39, 0.29) is 5.41 Å². The van der Waals surface area contributed by atoms with Gasteiger partial charge in [-0.2, -0.15) is 0 Å². The largest absolute Gasteiger partial charge is 0.357 e. The molecule has 0 aromatic heterocycles. The molecule has 0 aliphatic heterocycles. The third-order valence-corrected chi connectivity index (χ3v) is 3.09. The molecule has 0 amide bonds. The van der Waals surface area contributed by atoms with Gasteiger partial charge in [0.15, 0.2) is 5.96 Å². The summed E-state index contributed by atoms with van der Waals surface area (Å²) in [4.78, 5) is 6.86. The van der Waals surface area contributed by atoms with Gasteiger partial charge in [-0.1, -0.05) is 44.2 Å². The van der Waals surface area contributed by atoms with Crippen LogP contribution in [0, 0.1) is 5.41 Å². The lowest BCUT2D eigenvalue weighted by atomic mass is 9.93. The Hall–Kier alpha value is -1.55. The summed E-state index contributed by atoms with van der Waals surface area (Å²) in [7, 11) is 4.22. The minimum atomic E-state index is 0.201. The van der Waals surface area contributed by atoms with Gasteiger partial charge in [-0.15, -0.1) is 0 Å². The Morgan fingerprint density at radius 3 is 2.38 bits per heavy atom. The predicted octanol–water partition coefficient (Wildman–Crippen LogP) is 2.33. The minimum absolute atomic E-state index is 0.201. The van der Waals surface area contributed by atoms with Crippen LogP contribution in [-0.2, 0) is 6.54 Å². The van der Waals surface area contributed by atoms with Crippen LogP contribution in [0.15, 0.2) is 35.3 Å². The number of aliphatic imine (C=N–C) groups is 1. The van der Waals surface area contributed by atoms with Crippen molar-refractivity contribution < 1.29 is 0 Å². The molecule has 4 heteroatoms. The Morgan fingerprint density at radius 2 is 1.81 bits per heavy atom. The molecule has 1 aromatic carbocycles. The van der Waals surface area contributed by atoms with E-state index in [1.165, 1.54) is 5.56 Å². The topological polar surface area (TPSA) is 39.7 Å². The van der Waals surface area contributed by atoms with E-state index in [0.29, 0.717) is 6.54 Å². The molecule has 4 nitrogen and oxygen atoms in total. The van der Waals surface area contributed by atoms with E-state index >= 15 is 0 Å². The lowest BCUT2D eigenvalue weighted by Crippen LogP contribution is -2.44. The molecule has 118 valence electrons. The van der Waals surface area contributed by atoms with Gasteiger partial charge in [-0.05, 0) is 32.0 Å². The van der Waals surface area contributed by atoms with Gasteiger partial charge in [-0.25, -0.2) is 4.99 Å². The van der Waals surface area contributed by atoms with Gasteiger partial charge >= 0.3 is 0 Å². The molecule has 0 fully saturated rings. The normalized spacial score (nSPS) is 12.6. The molecule has 0 saturated heterocycles. The first kappa shape index (κ1) is 17.5. The van der Waals surface area contributed by atoms with Crippen LogP contribution < -0.4 is 10.6 Å². The van der Waals surface area contributed by atoms with Gasteiger partial charge in [0.2, 0.25) is 0 Å². The summed E-state index contributed by atoms with van der Waals surface area (Å²) in [6, 6.07) is 10.3. The molecule has 0 unspecified atom stereocenters. The summed E-state index contributed by atoms with van der Waals surface area (Å²) in [5.41, 5.74) is 1.43. The molecule has 0 heterocycles. The van der Waals surface area contributed by atoms with E-state index in [4.69, 9.17) is 0 Å². The highest BCUT2D eigenvalue weighted by atomic mass is 15.2. The summed E-state index contributed by atoms with van der Waals surface area (Å²) in [5.74, 6) is 0.883. The van der Waals surface area contributed by atoms with Gasteiger partial charge in [0, 0.05) is 19.6 Å². The predicted molar refractivity (Wildman–Crippen MR) is 91.6 cm³/mol. The third-order valence-electron chi connectivity index (χ3n) is 3.09. The molecule has 0 aliphatic rings. The molecule has 1 aromatic rings. The summed E-state index contributed by atoms with van der Waals surface area (Å²) >= 11 is 0. The SMILES string of the molecule is CCNC(=NCc1ccccc1)NCC(C)(C)CN(C)C. The van der Waals surface area contributed by atoms with E-state index in [2.05, 4.69) is 67.5 Å². The molecule has 0 bridgehead atoms. The fourth-order valence-electron chi connectivity index (χ4n) is 2.33. The summed E-state index contributed by atoms with van der Waals surface area (Å²) in [6.45, 7) is 10.1. The standard InChI is InChI=1S/C17H30N4/c1-6-18-16(19-12-15-10-8-7-9-11-15)20-13-17(2,3)14-21(4)5/h7-11H,6,12-14H2,1-5H3,(H2,18,19,20). The van der Waals surface area contributed by atoms with Crippen LogP contribution in [0.25, 0.3) is 0 Å². The van der Waals surface area contributed by atoms with Crippen molar-refractivity contribution in [1.82, 2.24) is 15.5 Å². The first-order valence-corrected chi connectivity index (χ1v) is 7.64. The van der Waals surface area contributed by atoms with Crippen molar-refractivity contribution in [3.63, 3.8) is 0 Å². The smallest absolute Gasteiger partial charge is 0.191 e. The van der Waals surface area contributed by atoms with E-state index in [1.54, 1.807) is 0 Å². The molecular weight excluding hydrogens is 260 g/mol. The van der Waals surface area contributed by atoms with Gasteiger partial charge in [-0.3, -0.25) is 0 Å². The molecule has 0 saturated carbocycles. The van der Waals surface area contributed by atoms with Crippen LogP contribution in [0.3, 0.4) is 0 Å². The highest BCUT2D eigenvalue weighted by molar-refractivity contribution is 5.79. The number of benzene rings is 1. The lowest BCUT2D eigenvalue weighted by molar-refractivity contribution is 0.241. The molecule has 0 spiro atoms. The Bertz CT molecular complexity index is 424. The van der Waals surface area contributed by atoms with Crippen molar-refractivity contribution in [3.05, 3.63) is 35.9 Å². The number of rotatable bonds is 7. The highest BCUT2D eigenvalue weighted by Crippen LogP contribution is 2.14. The van der Waals surface area contributed by atoms with Crippen LogP contribution in [0.2, 0.25) is 0 Å². The highest BCUT2D eigenvalue weighted by Gasteiger charge is 2.19. The lowest BCUT2D eigenvalue weighted by Gasteiger charge is -2.29. The molecule has 21 heavy (non-hydrogen) atoms. The van der Waals surface area contributed by atoms with Gasteiger partial charge in [0.1, 0.15) is 0 Å². The monoisotopic (exact) mass is 290 g/mol. The van der Waals surface area contributed by atoms with E-state index in [1.807, 2.05) is 18.2 Å². The first-order valence-electron chi connectivity index (χ1n) is 7.64. The Morgan fingerprint density at radius 1 is 1.14 bits per heavy atom. The molecule has 0 aliphatic carbocycles. The Labute approximate surface area is 129 Å². The summed E-state index contributed by atoms with van der Waals surface area (Å²) in [5, 5.41) is 6.75. The van der Waals surface area contributed by atoms with Crippen molar-refractivity contribution in [2.45, 2.75) is 27.3 Å². The van der Waals surface area contributed by atoms with Gasteiger partial charge in [0.25, 0.3) is 0 Å². The number of guanidine groups is 1. The van der Waals surface area contributed by atoms with E-state index in [0.717, 1.165) is 25.6 Å². The van der Waals surface area contributed by atoms with Gasteiger partial charge in [0.05, 0.1) is 6.54 Å². The number of nitrogens with one attached hydrogen (secondary N) is 2. The second-order valence-electron chi connectivity index (χ2n) is 6.44. The van der Waals surface area contributed by atoms with Crippen LogP contribution in [0.5, 0.6) is 0 Å². The van der Waals surface area contributed by atoms with Crippen molar-refractivity contribution in [1.29, 1.82) is 0 Å². The van der Waals surface area contributed by atoms with Crippen molar-refractivity contribution >= 4 is 5.96 Å². The first-order chi connectivity index (χ1) is 9.93. The zero-order valence-electron chi connectivity index (χ0n) is 14.1. The fraction of sp³-hybridized carbons (Fsp3) is 0.588. The van der Waals surface area contributed by atoms with Crippen LogP contribution in [-0.4, -0.2) is 44.6 Å². The van der Waals surface area contributed by atoms with Crippen molar-refractivity contribution in [2.75, 3.05) is 33.7 Å². The van der Waals surface area contributed by atoms with Crippen LogP contribution in [0.4, 0.5) is 0 Å². The maximum absolute atomic E-state index is 4.65. The average molecular weight is 290 g/mol. The second kappa shape index (κ2) is 8.67. The maximum atomic E-state index is 4.65. The zero-order valence-corrected chi connectivity index (χ0v) is 14.1. The van der Waals surface area contributed by atoms with Gasteiger partial charge < -0.3 is 15.5 Å². The molecule has 1 rings (SSSR count). The van der Waals surface area contributed by atoms with Crippen LogP contribution >= 0.6 is 0 Å². The maximum Gasteiger partial charge on any atom is 0.191 e. The molecular formula is C17H30N4. The quantitative estimate of drug-likeness (QED) is 0.598. The Kier molecular flexibility index (Phi) is 7.23. The molecule has 2 N–H and O–H groups in total. The van der Waals surface area contributed by atoms with Crippen molar-refractivity contribution in [3.8, 4) is 0 Å². The third kappa shape index (κ3) is 7.71. The fourth-order valence-corrected chi connectivity index (χ4v) is 2.33. The second-order valence-corrected chi connectivity index (χ2v) is 6.44. The number of nitrogens with zero attached hydrogens (tertiary/aromatic N) is 2. The number of hydrogen-bond acceptors (Lipinski definition) is 2. The minimum Gasteiger partial charge on any atom is -0.357 e. The summed E-state index contributed by atoms with van der Waals surface area (Å²) < 4.78 is 0. The zero-order chi connectivity index (χ0) is 15.7. The average Bonchev–Trinajstić information content (AvgIpc) is 2.42. The number of hydrogen-bond donors (Lipinski definition) is 2. The van der Waals surface area contributed by atoms with Crippen LogP contribution in [0.1, 0.15) is 26.3 Å². The van der Waals surface area contributed by atoms with Crippen molar-refractivity contribution in [2.24, 2.45) is 10.4 Å². The Balaban J connectivity index is 2.57. The molecule has 0 radical (unpaired) electrons. The van der Waals surface area contributed by atoms with E-state index < -0.39 is 0 Å². The molecule has 0 atom stereocenters. The summed E-state index contributed by atoms with van der Waals surface area (Å²) in [6.07, 6.45) is 0.